The van der Waals surface area contributed by atoms with Crippen LogP contribution in [0.25, 0.3) is 0 Å². The summed E-state index contributed by atoms with van der Waals surface area (Å²) in [6.07, 6.45) is 4.41. The van der Waals surface area contributed by atoms with E-state index in [0.717, 1.165) is 12.8 Å². The molecule has 0 fully saturated rings. The average Bonchev–Trinajstić information content (AvgIpc) is 2.77. The zero-order valence-corrected chi connectivity index (χ0v) is 18.1. The number of carbonyl (C=O) groups excluding carboxylic acids is 4. The average molecular weight is 424 g/mol. The number of hydrogen-bond acceptors (Lipinski definition) is 5. The molecule has 0 aliphatic rings. The second-order valence-electron chi connectivity index (χ2n) is 7.42. The van der Waals surface area contributed by atoms with Crippen LogP contribution in [0.15, 0.2) is 48.5 Å². The number of ether oxygens (including phenoxy) is 1. The number of rotatable bonds is 12. The molecule has 6 heteroatoms. The van der Waals surface area contributed by atoms with Crippen LogP contribution in [0.2, 0.25) is 0 Å². The highest BCUT2D eigenvalue weighted by Crippen LogP contribution is 2.13. The summed E-state index contributed by atoms with van der Waals surface area (Å²) in [6, 6.07) is 14.0. The topological polar surface area (TPSA) is 89.5 Å². The van der Waals surface area contributed by atoms with Gasteiger partial charge in [-0.3, -0.25) is 19.2 Å². The van der Waals surface area contributed by atoms with Crippen molar-refractivity contribution in [1.29, 1.82) is 0 Å². The van der Waals surface area contributed by atoms with Crippen LogP contribution in [0.4, 0.5) is 5.69 Å². The summed E-state index contributed by atoms with van der Waals surface area (Å²) < 4.78 is 4.94. The van der Waals surface area contributed by atoms with Gasteiger partial charge >= 0.3 is 5.97 Å². The van der Waals surface area contributed by atoms with Gasteiger partial charge in [0, 0.05) is 23.2 Å². The van der Waals surface area contributed by atoms with Gasteiger partial charge in [0.25, 0.3) is 5.91 Å². The summed E-state index contributed by atoms with van der Waals surface area (Å²) in [7, 11) is 0. The van der Waals surface area contributed by atoms with Gasteiger partial charge in [-0.1, -0.05) is 56.2 Å². The van der Waals surface area contributed by atoms with E-state index in [-0.39, 0.29) is 24.4 Å². The number of aryl methyl sites for hydroxylation is 1. The summed E-state index contributed by atoms with van der Waals surface area (Å²) in [6.45, 7) is 3.14. The molecule has 0 unspecified atom stereocenters. The van der Waals surface area contributed by atoms with Crippen LogP contribution in [0, 0.1) is 0 Å². The molecule has 1 N–H and O–H groups in total. The van der Waals surface area contributed by atoms with Gasteiger partial charge in [0.2, 0.25) is 0 Å². The molecule has 6 nitrogen and oxygen atoms in total. The van der Waals surface area contributed by atoms with E-state index in [1.165, 1.54) is 25.3 Å². The number of ketones is 2. The SMILES string of the molecule is CCCCCc1ccc(C(=O)CCC(=O)OCC(=O)Nc2cccc(C(C)=O)c2)cc1. The number of hydrogen-bond donors (Lipinski definition) is 1. The van der Waals surface area contributed by atoms with Gasteiger partial charge in [-0.05, 0) is 37.5 Å². The van der Waals surface area contributed by atoms with Gasteiger partial charge in [-0.2, -0.15) is 0 Å². The molecule has 0 saturated heterocycles. The summed E-state index contributed by atoms with van der Waals surface area (Å²) in [5, 5.41) is 2.57. The minimum Gasteiger partial charge on any atom is -0.456 e. The highest BCUT2D eigenvalue weighted by molar-refractivity contribution is 5.99. The molecule has 2 rings (SSSR count). The fourth-order valence-electron chi connectivity index (χ4n) is 3.03. The fraction of sp³-hybridized carbons (Fsp3) is 0.360. The van der Waals surface area contributed by atoms with Crippen molar-refractivity contribution < 1.29 is 23.9 Å². The maximum Gasteiger partial charge on any atom is 0.306 e. The highest BCUT2D eigenvalue weighted by atomic mass is 16.5. The van der Waals surface area contributed by atoms with Crippen molar-refractivity contribution >= 4 is 29.1 Å². The standard InChI is InChI=1S/C25H29NO5/c1-3-4-5-7-19-10-12-20(13-11-19)23(28)14-15-25(30)31-17-24(29)26-22-9-6-8-21(16-22)18(2)27/h6,8-13,16H,3-5,7,14-15,17H2,1-2H3,(H,26,29). The van der Waals surface area contributed by atoms with E-state index in [1.807, 2.05) is 12.1 Å². The molecule has 164 valence electrons. The number of unbranched alkanes of at least 4 members (excludes halogenated alkanes) is 2. The molecule has 1 amide bonds. The van der Waals surface area contributed by atoms with E-state index in [1.54, 1.807) is 36.4 Å². The Kier molecular flexibility index (Phi) is 9.62. The fourth-order valence-corrected chi connectivity index (χ4v) is 3.03. The summed E-state index contributed by atoms with van der Waals surface area (Å²) in [5.41, 5.74) is 2.68. The zero-order valence-electron chi connectivity index (χ0n) is 18.1. The smallest absolute Gasteiger partial charge is 0.306 e. The number of amides is 1. The normalized spacial score (nSPS) is 10.4. The third kappa shape index (κ3) is 8.54. The summed E-state index contributed by atoms with van der Waals surface area (Å²) >= 11 is 0. The van der Waals surface area contributed by atoms with Gasteiger partial charge < -0.3 is 10.1 Å². The lowest BCUT2D eigenvalue weighted by Gasteiger charge is -2.08. The minimum atomic E-state index is -0.614. The van der Waals surface area contributed by atoms with Crippen molar-refractivity contribution in [3.63, 3.8) is 0 Å². The Balaban J connectivity index is 1.72. The molecule has 0 aliphatic heterocycles. The minimum absolute atomic E-state index is 0.0241. The Hall–Kier alpha value is -3.28. The monoisotopic (exact) mass is 423 g/mol. The Morgan fingerprint density at radius 2 is 1.65 bits per heavy atom. The van der Waals surface area contributed by atoms with E-state index in [0.29, 0.717) is 16.8 Å². The van der Waals surface area contributed by atoms with Crippen LogP contribution in [-0.4, -0.2) is 30.0 Å². The lowest BCUT2D eigenvalue weighted by Crippen LogP contribution is -2.21. The van der Waals surface area contributed by atoms with Crippen LogP contribution >= 0.6 is 0 Å². The molecule has 2 aromatic rings. The van der Waals surface area contributed by atoms with E-state index in [4.69, 9.17) is 4.74 Å². The van der Waals surface area contributed by atoms with Crippen LogP contribution in [-0.2, 0) is 20.7 Å². The summed E-state index contributed by atoms with van der Waals surface area (Å²) in [5.74, 6) is -1.38. The molecule has 0 bridgehead atoms. The first-order valence-electron chi connectivity index (χ1n) is 10.6. The second-order valence-corrected chi connectivity index (χ2v) is 7.42. The van der Waals surface area contributed by atoms with E-state index in [2.05, 4.69) is 12.2 Å². The Labute approximate surface area is 183 Å². The maximum atomic E-state index is 12.3. The number of benzene rings is 2. The lowest BCUT2D eigenvalue weighted by molar-refractivity contribution is -0.147. The largest absolute Gasteiger partial charge is 0.456 e. The van der Waals surface area contributed by atoms with Crippen molar-refractivity contribution in [3.05, 3.63) is 65.2 Å². The van der Waals surface area contributed by atoms with Gasteiger partial charge in [-0.15, -0.1) is 0 Å². The van der Waals surface area contributed by atoms with Crippen molar-refractivity contribution in [3.8, 4) is 0 Å². The van der Waals surface area contributed by atoms with Gasteiger partial charge in [0.1, 0.15) is 0 Å². The van der Waals surface area contributed by atoms with E-state index in [9.17, 15) is 19.2 Å². The molecule has 0 atom stereocenters. The van der Waals surface area contributed by atoms with Crippen molar-refractivity contribution in [2.75, 3.05) is 11.9 Å². The number of nitrogens with one attached hydrogen (secondary N) is 1. The molecule has 0 aliphatic carbocycles. The van der Waals surface area contributed by atoms with Gasteiger partial charge in [-0.25, -0.2) is 0 Å². The third-order valence-corrected chi connectivity index (χ3v) is 4.82. The maximum absolute atomic E-state index is 12.3. The van der Waals surface area contributed by atoms with Crippen LogP contribution in [0.3, 0.4) is 0 Å². The quantitative estimate of drug-likeness (QED) is 0.302. The molecular formula is C25H29NO5. The lowest BCUT2D eigenvalue weighted by atomic mass is 10.0. The number of esters is 1. The molecule has 0 radical (unpaired) electrons. The predicted molar refractivity (Wildman–Crippen MR) is 119 cm³/mol. The van der Waals surface area contributed by atoms with Gasteiger partial charge in [0.05, 0.1) is 6.42 Å². The van der Waals surface area contributed by atoms with Crippen LogP contribution in [0.1, 0.15) is 72.2 Å². The first kappa shape index (κ1) is 24.0. The number of Topliss-reactive ketones (excluding diaryl/α,β-unsaturated/α-hetero) is 2. The van der Waals surface area contributed by atoms with Crippen molar-refractivity contribution in [2.24, 2.45) is 0 Å². The third-order valence-electron chi connectivity index (χ3n) is 4.82. The molecule has 0 aromatic heterocycles. The second kappa shape index (κ2) is 12.4. The molecule has 0 spiro atoms. The molecule has 31 heavy (non-hydrogen) atoms. The zero-order chi connectivity index (χ0) is 22.6. The Bertz CT molecular complexity index is 918. The Morgan fingerprint density at radius 1 is 0.903 bits per heavy atom. The molecule has 0 heterocycles. The van der Waals surface area contributed by atoms with Crippen molar-refractivity contribution in [1.82, 2.24) is 0 Å². The molecule has 0 saturated carbocycles. The van der Waals surface area contributed by atoms with E-state index < -0.39 is 18.5 Å². The number of carbonyl (C=O) groups is 4. The highest BCUT2D eigenvalue weighted by Gasteiger charge is 2.12. The van der Waals surface area contributed by atoms with Crippen LogP contribution < -0.4 is 5.32 Å². The summed E-state index contributed by atoms with van der Waals surface area (Å²) in [4.78, 5) is 47.5. The molecule has 2 aromatic carbocycles. The van der Waals surface area contributed by atoms with Crippen molar-refractivity contribution in [2.45, 2.75) is 52.4 Å². The first-order chi connectivity index (χ1) is 14.9. The van der Waals surface area contributed by atoms with Crippen LogP contribution in [0.5, 0.6) is 0 Å². The predicted octanol–water partition coefficient (Wildman–Crippen LogP) is 4.77. The Morgan fingerprint density at radius 3 is 2.32 bits per heavy atom. The van der Waals surface area contributed by atoms with E-state index >= 15 is 0 Å². The first-order valence-corrected chi connectivity index (χ1v) is 10.6. The number of anilines is 1. The van der Waals surface area contributed by atoms with Gasteiger partial charge in [0.15, 0.2) is 18.2 Å². The molecular weight excluding hydrogens is 394 g/mol.